The van der Waals surface area contributed by atoms with E-state index in [9.17, 15) is 0 Å². The molecule has 0 aromatic heterocycles. The van der Waals surface area contributed by atoms with Crippen LogP contribution in [0.1, 0.15) is 46.0 Å². The van der Waals surface area contributed by atoms with Gasteiger partial charge in [-0.05, 0) is 38.9 Å². The molecule has 0 spiro atoms. The predicted octanol–water partition coefficient (Wildman–Crippen LogP) is 2.66. The lowest BCUT2D eigenvalue weighted by Crippen LogP contribution is -2.41. The summed E-state index contributed by atoms with van der Waals surface area (Å²) in [5.41, 5.74) is 0. The van der Waals surface area contributed by atoms with E-state index < -0.39 is 0 Å². The third-order valence-corrected chi connectivity index (χ3v) is 5.51. The molecule has 23 heavy (non-hydrogen) atoms. The van der Waals surface area contributed by atoms with Crippen molar-refractivity contribution in [3.63, 3.8) is 0 Å². The van der Waals surface area contributed by atoms with Gasteiger partial charge in [0, 0.05) is 44.3 Å². The molecule has 0 saturated carbocycles. The maximum atomic E-state index is 5.59. The van der Waals surface area contributed by atoms with Crippen LogP contribution in [0.2, 0.25) is 0 Å². The van der Waals surface area contributed by atoms with E-state index in [0.717, 1.165) is 77.7 Å². The van der Waals surface area contributed by atoms with Gasteiger partial charge in [0.25, 0.3) is 0 Å². The number of aliphatic imine (C=N–C) groups is 1. The quantitative estimate of drug-likeness (QED) is 0.342. The van der Waals surface area contributed by atoms with Crippen LogP contribution in [-0.4, -0.2) is 63.0 Å². The van der Waals surface area contributed by atoms with E-state index in [0.29, 0.717) is 0 Å². The number of unbranched alkanes of at least 4 members (excludes halogenated alkanes) is 1. The Morgan fingerprint density at radius 2 is 1.91 bits per heavy atom. The van der Waals surface area contributed by atoms with E-state index in [-0.39, 0.29) is 4.75 Å². The second kappa shape index (κ2) is 12.9. The number of ether oxygens (including phenoxy) is 2. The molecule has 0 aromatic rings. The van der Waals surface area contributed by atoms with Gasteiger partial charge in [0.2, 0.25) is 0 Å². The van der Waals surface area contributed by atoms with Gasteiger partial charge in [-0.25, -0.2) is 0 Å². The summed E-state index contributed by atoms with van der Waals surface area (Å²) in [5.74, 6) is 0.918. The van der Waals surface area contributed by atoms with Crippen LogP contribution in [0.3, 0.4) is 0 Å². The molecule has 0 bridgehead atoms. The Morgan fingerprint density at radius 3 is 2.57 bits per heavy atom. The van der Waals surface area contributed by atoms with Gasteiger partial charge in [-0.1, -0.05) is 13.3 Å². The fraction of sp³-hybridized carbons (Fsp3) is 0.941. The lowest BCUT2D eigenvalue weighted by Gasteiger charge is -2.34. The molecule has 1 aliphatic heterocycles. The second-order valence-corrected chi connectivity index (χ2v) is 7.22. The van der Waals surface area contributed by atoms with Crippen molar-refractivity contribution in [1.82, 2.24) is 10.6 Å². The van der Waals surface area contributed by atoms with Crippen molar-refractivity contribution in [3.8, 4) is 0 Å². The first-order valence-electron chi connectivity index (χ1n) is 8.99. The molecule has 136 valence electrons. The number of rotatable bonds is 11. The maximum Gasteiger partial charge on any atom is 0.191 e. The van der Waals surface area contributed by atoms with Gasteiger partial charge in [-0.2, -0.15) is 11.8 Å². The van der Waals surface area contributed by atoms with Crippen molar-refractivity contribution in [2.24, 2.45) is 4.99 Å². The summed E-state index contributed by atoms with van der Waals surface area (Å²) in [5, 5.41) is 6.74. The first-order chi connectivity index (χ1) is 11.3. The molecule has 1 fully saturated rings. The van der Waals surface area contributed by atoms with E-state index in [4.69, 9.17) is 14.5 Å². The Balaban J connectivity index is 2.31. The third kappa shape index (κ3) is 8.82. The lowest BCUT2D eigenvalue weighted by atomic mass is 9.99. The van der Waals surface area contributed by atoms with Crippen LogP contribution in [0.4, 0.5) is 0 Å². The number of nitrogens with zero attached hydrogens (tertiary/aromatic N) is 1. The first-order valence-corrected chi connectivity index (χ1v) is 10.2. The second-order valence-electron chi connectivity index (χ2n) is 5.94. The predicted molar refractivity (Wildman–Crippen MR) is 101 cm³/mol. The minimum absolute atomic E-state index is 0.240. The number of hydrogen-bond acceptors (Lipinski definition) is 4. The molecule has 1 aliphatic rings. The third-order valence-electron chi connectivity index (χ3n) is 4.11. The summed E-state index contributed by atoms with van der Waals surface area (Å²) in [6, 6.07) is 0. The van der Waals surface area contributed by atoms with Crippen molar-refractivity contribution in [3.05, 3.63) is 0 Å². The lowest BCUT2D eigenvalue weighted by molar-refractivity contribution is 0.0794. The van der Waals surface area contributed by atoms with E-state index in [1.54, 1.807) is 0 Å². The molecular weight excluding hydrogens is 310 g/mol. The van der Waals surface area contributed by atoms with Gasteiger partial charge in [0.15, 0.2) is 5.96 Å². The zero-order chi connectivity index (χ0) is 16.8. The Morgan fingerprint density at radius 1 is 1.17 bits per heavy atom. The standard InChI is InChI=1S/C17H35N3O2S/c1-4-6-11-21-12-7-10-19-16(18-5-2)20-15-17(23-3)8-13-22-14-9-17/h4-15H2,1-3H3,(H2,18,19,20). The molecule has 0 radical (unpaired) electrons. The van der Waals surface area contributed by atoms with Crippen molar-refractivity contribution in [1.29, 1.82) is 0 Å². The molecule has 0 amide bonds. The Labute approximate surface area is 146 Å². The number of hydrogen-bond donors (Lipinski definition) is 2. The van der Waals surface area contributed by atoms with Gasteiger partial charge in [-0.3, -0.25) is 4.99 Å². The topological polar surface area (TPSA) is 54.9 Å². The summed E-state index contributed by atoms with van der Waals surface area (Å²) in [4.78, 5) is 4.80. The van der Waals surface area contributed by atoms with Gasteiger partial charge in [-0.15, -0.1) is 0 Å². The van der Waals surface area contributed by atoms with Crippen LogP contribution in [0.25, 0.3) is 0 Å². The molecule has 1 heterocycles. The first kappa shape index (κ1) is 20.6. The zero-order valence-corrected chi connectivity index (χ0v) is 16.0. The van der Waals surface area contributed by atoms with E-state index in [1.165, 1.54) is 6.42 Å². The van der Waals surface area contributed by atoms with Gasteiger partial charge >= 0.3 is 0 Å². The Hall–Kier alpha value is -0.460. The van der Waals surface area contributed by atoms with Crippen LogP contribution >= 0.6 is 11.8 Å². The highest BCUT2D eigenvalue weighted by molar-refractivity contribution is 8.00. The SMILES string of the molecule is CCCCOCCCNC(=NCC1(SC)CCOCC1)NCC. The Kier molecular flexibility index (Phi) is 11.5. The molecule has 0 aromatic carbocycles. The molecule has 1 saturated heterocycles. The van der Waals surface area contributed by atoms with Crippen molar-refractivity contribution in [2.75, 3.05) is 52.3 Å². The molecule has 1 rings (SSSR count). The fourth-order valence-corrected chi connectivity index (χ4v) is 3.23. The largest absolute Gasteiger partial charge is 0.381 e. The molecule has 6 heteroatoms. The highest BCUT2D eigenvalue weighted by atomic mass is 32.2. The molecule has 0 unspecified atom stereocenters. The molecule has 0 atom stereocenters. The summed E-state index contributed by atoms with van der Waals surface area (Å²) < 4.78 is 11.3. The molecule has 0 aliphatic carbocycles. The highest BCUT2D eigenvalue weighted by Crippen LogP contribution is 2.33. The normalized spacial score (nSPS) is 18.0. The van der Waals surface area contributed by atoms with Crippen LogP contribution < -0.4 is 10.6 Å². The molecular formula is C17H35N3O2S. The number of guanidine groups is 1. The van der Waals surface area contributed by atoms with Crippen LogP contribution in [0.15, 0.2) is 4.99 Å². The average molecular weight is 346 g/mol. The zero-order valence-electron chi connectivity index (χ0n) is 15.2. The summed E-state index contributed by atoms with van der Waals surface area (Å²) in [6.07, 6.45) is 7.71. The van der Waals surface area contributed by atoms with Crippen molar-refractivity contribution >= 4 is 17.7 Å². The van der Waals surface area contributed by atoms with E-state index >= 15 is 0 Å². The smallest absolute Gasteiger partial charge is 0.191 e. The van der Waals surface area contributed by atoms with Crippen LogP contribution in [-0.2, 0) is 9.47 Å². The maximum absolute atomic E-state index is 5.59. The molecule has 2 N–H and O–H groups in total. The monoisotopic (exact) mass is 345 g/mol. The average Bonchev–Trinajstić information content (AvgIpc) is 2.59. The summed E-state index contributed by atoms with van der Waals surface area (Å²) in [7, 11) is 0. The van der Waals surface area contributed by atoms with Crippen molar-refractivity contribution < 1.29 is 9.47 Å². The van der Waals surface area contributed by atoms with Crippen LogP contribution in [0, 0.1) is 0 Å². The molecule has 5 nitrogen and oxygen atoms in total. The number of thioether (sulfide) groups is 1. The minimum atomic E-state index is 0.240. The fourth-order valence-electron chi connectivity index (χ4n) is 2.46. The van der Waals surface area contributed by atoms with Gasteiger partial charge < -0.3 is 20.1 Å². The van der Waals surface area contributed by atoms with Crippen molar-refractivity contribution in [2.45, 2.75) is 50.7 Å². The Bertz CT molecular complexity index is 321. The minimum Gasteiger partial charge on any atom is -0.381 e. The highest BCUT2D eigenvalue weighted by Gasteiger charge is 2.31. The van der Waals surface area contributed by atoms with Crippen LogP contribution in [0.5, 0.6) is 0 Å². The van der Waals surface area contributed by atoms with Gasteiger partial charge in [0.1, 0.15) is 0 Å². The van der Waals surface area contributed by atoms with Gasteiger partial charge in [0.05, 0.1) is 6.54 Å². The van der Waals surface area contributed by atoms with E-state index in [1.807, 2.05) is 11.8 Å². The number of nitrogens with one attached hydrogen (secondary N) is 2. The summed E-state index contributed by atoms with van der Waals surface area (Å²) >= 11 is 1.93. The summed E-state index contributed by atoms with van der Waals surface area (Å²) in [6.45, 7) is 10.3. The van der Waals surface area contributed by atoms with E-state index in [2.05, 4.69) is 30.7 Å².